The van der Waals surface area contributed by atoms with Crippen LogP contribution in [0.5, 0.6) is 0 Å². The van der Waals surface area contributed by atoms with Crippen LogP contribution in [0, 0.1) is 10.1 Å². The van der Waals surface area contributed by atoms with Gasteiger partial charge in [0.1, 0.15) is 5.69 Å². The van der Waals surface area contributed by atoms with Crippen LogP contribution in [0.1, 0.15) is 22.8 Å². The van der Waals surface area contributed by atoms with Crippen LogP contribution in [0.15, 0.2) is 47.8 Å². The van der Waals surface area contributed by atoms with Gasteiger partial charge in [-0.05, 0) is 47.9 Å². The van der Waals surface area contributed by atoms with Gasteiger partial charge in [-0.15, -0.1) is 11.3 Å². The Morgan fingerprint density at radius 1 is 1.25 bits per heavy atom. The van der Waals surface area contributed by atoms with Gasteiger partial charge in [-0.1, -0.05) is 18.2 Å². The lowest BCUT2D eigenvalue weighted by atomic mass is 10.1. The normalized spacial score (nSPS) is 10.7. The highest BCUT2D eigenvalue weighted by Gasteiger charge is 2.16. The van der Waals surface area contributed by atoms with E-state index in [0.29, 0.717) is 17.8 Å². The number of benzene rings is 2. The van der Waals surface area contributed by atoms with Crippen LogP contribution in [0.2, 0.25) is 0 Å². The van der Waals surface area contributed by atoms with E-state index >= 15 is 0 Å². The van der Waals surface area contributed by atoms with E-state index < -0.39 is 4.92 Å². The van der Waals surface area contributed by atoms with Crippen molar-refractivity contribution in [3.63, 3.8) is 0 Å². The smallest absolute Gasteiger partial charge is 0.293 e. The number of carbonyl (C=O) groups excluding carboxylic acids is 1. The molecular weight excluding hydrogens is 324 g/mol. The SMILES string of the molecule is CC(=O)c1ccc(NCCc2csc3ccccc23)c([N+](=O)[O-])c1. The van der Waals surface area contributed by atoms with Crippen molar-refractivity contribution in [2.45, 2.75) is 13.3 Å². The molecule has 3 aromatic rings. The molecule has 6 heteroatoms. The van der Waals surface area contributed by atoms with Crippen LogP contribution >= 0.6 is 11.3 Å². The molecule has 0 atom stereocenters. The molecule has 1 N–H and O–H groups in total. The molecule has 1 heterocycles. The molecule has 122 valence electrons. The number of nitro groups is 1. The summed E-state index contributed by atoms with van der Waals surface area (Å²) in [5, 5.41) is 17.7. The Balaban J connectivity index is 1.74. The summed E-state index contributed by atoms with van der Waals surface area (Å²) in [6.07, 6.45) is 0.773. The quantitative estimate of drug-likeness (QED) is 0.402. The Labute approximate surface area is 143 Å². The van der Waals surface area contributed by atoms with E-state index in [1.165, 1.54) is 28.6 Å². The third-order valence-electron chi connectivity index (χ3n) is 3.87. The van der Waals surface area contributed by atoms with Crippen molar-refractivity contribution in [2.75, 3.05) is 11.9 Å². The van der Waals surface area contributed by atoms with Crippen LogP contribution < -0.4 is 5.32 Å². The van der Waals surface area contributed by atoms with Gasteiger partial charge < -0.3 is 5.32 Å². The van der Waals surface area contributed by atoms with E-state index in [0.717, 1.165) is 6.42 Å². The highest BCUT2D eigenvalue weighted by Crippen LogP contribution is 2.28. The lowest BCUT2D eigenvalue weighted by molar-refractivity contribution is -0.384. The van der Waals surface area contributed by atoms with E-state index in [9.17, 15) is 14.9 Å². The zero-order valence-electron chi connectivity index (χ0n) is 13.1. The van der Waals surface area contributed by atoms with Crippen molar-refractivity contribution in [2.24, 2.45) is 0 Å². The van der Waals surface area contributed by atoms with E-state index in [1.807, 2.05) is 12.1 Å². The van der Waals surface area contributed by atoms with Gasteiger partial charge in [0.25, 0.3) is 5.69 Å². The first-order valence-corrected chi connectivity index (χ1v) is 8.42. The van der Waals surface area contributed by atoms with Gasteiger partial charge >= 0.3 is 0 Å². The summed E-state index contributed by atoms with van der Waals surface area (Å²) >= 11 is 1.70. The summed E-state index contributed by atoms with van der Waals surface area (Å²) < 4.78 is 1.24. The number of fused-ring (bicyclic) bond motifs is 1. The van der Waals surface area contributed by atoms with Gasteiger partial charge in [-0.3, -0.25) is 14.9 Å². The molecule has 0 aliphatic carbocycles. The Bertz CT molecular complexity index is 918. The second kappa shape index (κ2) is 6.80. The zero-order valence-corrected chi connectivity index (χ0v) is 13.9. The highest BCUT2D eigenvalue weighted by atomic mass is 32.1. The number of carbonyl (C=O) groups is 1. The van der Waals surface area contributed by atoms with Crippen molar-refractivity contribution in [3.8, 4) is 0 Å². The van der Waals surface area contributed by atoms with Gasteiger partial charge in [0, 0.05) is 22.9 Å². The molecule has 2 aromatic carbocycles. The number of Topliss-reactive ketones (excluding diaryl/α,β-unsaturated/α-hetero) is 1. The molecule has 0 radical (unpaired) electrons. The maximum absolute atomic E-state index is 11.4. The first kappa shape index (κ1) is 16.1. The third-order valence-corrected chi connectivity index (χ3v) is 4.88. The molecule has 5 nitrogen and oxygen atoms in total. The summed E-state index contributed by atoms with van der Waals surface area (Å²) in [5.41, 5.74) is 1.93. The topological polar surface area (TPSA) is 72.2 Å². The van der Waals surface area contributed by atoms with Crippen LogP contribution in [0.3, 0.4) is 0 Å². The molecule has 0 fully saturated rings. The number of nitro benzene ring substituents is 1. The minimum atomic E-state index is -0.464. The molecule has 3 rings (SSSR count). The average molecular weight is 340 g/mol. The Hall–Kier alpha value is -2.73. The third kappa shape index (κ3) is 3.28. The Kier molecular flexibility index (Phi) is 4.57. The molecule has 0 saturated heterocycles. The molecule has 0 saturated carbocycles. The molecule has 24 heavy (non-hydrogen) atoms. The van der Waals surface area contributed by atoms with Gasteiger partial charge in [0.2, 0.25) is 0 Å². The van der Waals surface area contributed by atoms with Gasteiger partial charge in [0.05, 0.1) is 4.92 Å². The summed E-state index contributed by atoms with van der Waals surface area (Å²) in [7, 11) is 0. The number of nitrogens with zero attached hydrogens (tertiary/aromatic N) is 1. The van der Waals surface area contributed by atoms with E-state index in [-0.39, 0.29) is 11.5 Å². The van der Waals surface area contributed by atoms with Gasteiger partial charge in [-0.25, -0.2) is 0 Å². The van der Waals surface area contributed by atoms with Crippen molar-refractivity contribution in [3.05, 3.63) is 69.1 Å². The number of hydrogen-bond acceptors (Lipinski definition) is 5. The van der Waals surface area contributed by atoms with E-state index in [4.69, 9.17) is 0 Å². The van der Waals surface area contributed by atoms with Crippen molar-refractivity contribution < 1.29 is 9.72 Å². The lowest BCUT2D eigenvalue weighted by Gasteiger charge is -2.08. The summed E-state index contributed by atoms with van der Waals surface area (Å²) in [4.78, 5) is 22.1. The Morgan fingerprint density at radius 3 is 2.79 bits per heavy atom. The monoisotopic (exact) mass is 340 g/mol. The fourth-order valence-corrected chi connectivity index (χ4v) is 3.61. The van der Waals surface area contributed by atoms with Crippen molar-refractivity contribution >= 4 is 38.6 Å². The van der Waals surface area contributed by atoms with Crippen LogP contribution in [0.25, 0.3) is 10.1 Å². The average Bonchev–Trinajstić information content (AvgIpc) is 2.98. The molecule has 0 unspecified atom stereocenters. The largest absolute Gasteiger partial charge is 0.379 e. The Morgan fingerprint density at radius 2 is 2.04 bits per heavy atom. The first-order chi connectivity index (χ1) is 11.6. The molecule has 1 aromatic heterocycles. The molecular formula is C18H16N2O3S. The molecule has 0 amide bonds. The number of nitrogens with one attached hydrogen (secondary N) is 1. The number of thiophene rings is 1. The fraction of sp³-hybridized carbons (Fsp3) is 0.167. The van der Waals surface area contributed by atoms with Crippen molar-refractivity contribution in [1.29, 1.82) is 0 Å². The molecule has 0 aliphatic rings. The molecule has 0 aliphatic heterocycles. The minimum Gasteiger partial charge on any atom is -0.379 e. The predicted molar refractivity (Wildman–Crippen MR) is 97.1 cm³/mol. The maximum atomic E-state index is 11.4. The van der Waals surface area contributed by atoms with Crippen LogP contribution in [-0.4, -0.2) is 17.3 Å². The number of ketones is 1. The maximum Gasteiger partial charge on any atom is 0.293 e. The van der Waals surface area contributed by atoms with Gasteiger partial charge in [0.15, 0.2) is 5.78 Å². The fourth-order valence-electron chi connectivity index (χ4n) is 2.61. The summed E-state index contributed by atoms with van der Waals surface area (Å²) in [6.45, 7) is 1.98. The van der Waals surface area contributed by atoms with Crippen LogP contribution in [0.4, 0.5) is 11.4 Å². The zero-order chi connectivity index (χ0) is 17.1. The second-order valence-corrected chi connectivity index (χ2v) is 6.39. The van der Waals surface area contributed by atoms with Crippen LogP contribution in [-0.2, 0) is 6.42 Å². The number of hydrogen-bond donors (Lipinski definition) is 1. The number of rotatable bonds is 6. The highest BCUT2D eigenvalue weighted by molar-refractivity contribution is 7.17. The van der Waals surface area contributed by atoms with E-state index in [1.54, 1.807) is 23.5 Å². The lowest BCUT2D eigenvalue weighted by Crippen LogP contribution is -2.07. The first-order valence-electron chi connectivity index (χ1n) is 7.54. The minimum absolute atomic E-state index is 0.0714. The van der Waals surface area contributed by atoms with Crippen molar-refractivity contribution in [1.82, 2.24) is 0 Å². The second-order valence-electron chi connectivity index (χ2n) is 5.48. The number of anilines is 1. The van der Waals surface area contributed by atoms with E-state index in [2.05, 4.69) is 22.8 Å². The standard InChI is InChI=1S/C18H16N2O3S/c1-12(21)13-6-7-16(17(10-13)20(22)23)19-9-8-14-11-24-18-5-3-2-4-15(14)18/h2-7,10-11,19H,8-9H2,1H3. The van der Waals surface area contributed by atoms with Gasteiger partial charge in [-0.2, -0.15) is 0 Å². The molecule has 0 bridgehead atoms. The predicted octanol–water partition coefficient (Wildman–Crippen LogP) is 4.67. The molecule has 0 spiro atoms. The summed E-state index contributed by atoms with van der Waals surface area (Å²) in [5.74, 6) is -0.186. The summed E-state index contributed by atoms with van der Waals surface area (Å²) in [6, 6.07) is 12.7.